The van der Waals surface area contributed by atoms with Gasteiger partial charge in [0, 0.05) is 4.47 Å². The molecule has 0 radical (unpaired) electrons. The molecule has 0 bridgehead atoms. The maximum Gasteiger partial charge on any atom is 0.339 e. The monoisotopic (exact) mass is 281 g/mol. The average Bonchev–Trinajstić information content (AvgIpc) is 2.28. The maximum atomic E-state index is 11.8. The van der Waals surface area contributed by atoms with E-state index in [4.69, 9.17) is 10.00 Å². The normalized spacial score (nSPS) is 9.62. The number of ether oxygens (including phenoxy) is 1. The second kappa shape index (κ2) is 5.66. The molecule has 0 heterocycles. The zero-order valence-electron chi connectivity index (χ0n) is 9.21. The lowest BCUT2D eigenvalue weighted by Crippen LogP contribution is -2.10. The summed E-state index contributed by atoms with van der Waals surface area (Å²) in [5.74, 6) is -0.386. The summed E-state index contributed by atoms with van der Waals surface area (Å²) < 4.78 is 5.64. The summed E-state index contributed by atoms with van der Waals surface area (Å²) in [4.78, 5) is 11.8. The number of hydrogen-bond donors (Lipinski definition) is 0. The highest BCUT2D eigenvalue weighted by molar-refractivity contribution is 9.10. The van der Waals surface area contributed by atoms with Crippen LogP contribution in [0.25, 0.3) is 0 Å². The summed E-state index contributed by atoms with van der Waals surface area (Å²) in [6, 6.07) is 5.48. The number of nitriles is 1. The van der Waals surface area contributed by atoms with Gasteiger partial charge in [0.15, 0.2) is 0 Å². The minimum atomic E-state index is -0.386. The van der Waals surface area contributed by atoms with Crippen molar-refractivity contribution in [2.24, 2.45) is 0 Å². The largest absolute Gasteiger partial charge is 0.462 e. The first kappa shape index (κ1) is 12.7. The molecule has 1 aromatic rings. The lowest BCUT2D eigenvalue weighted by atomic mass is 9.99. The van der Waals surface area contributed by atoms with Gasteiger partial charge in [-0.2, -0.15) is 5.26 Å². The van der Waals surface area contributed by atoms with E-state index in [9.17, 15) is 4.79 Å². The summed E-state index contributed by atoms with van der Waals surface area (Å²) in [6.45, 7) is 3.99. The number of carbonyl (C=O) groups excluding carboxylic acids is 1. The topological polar surface area (TPSA) is 50.1 Å². The van der Waals surface area contributed by atoms with Crippen molar-refractivity contribution in [2.75, 3.05) is 6.61 Å². The summed E-state index contributed by atoms with van der Waals surface area (Å²) >= 11 is 3.31. The molecule has 1 aromatic carbocycles. The smallest absolute Gasteiger partial charge is 0.339 e. The third-order valence-corrected chi connectivity index (χ3v) is 2.88. The van der Waals surface area contributed by atoms with Gasteiger partial charge >= 0.3 is 5.97 Å². The van der Waals surface area contributed by atoms with Crippen molar-refractivity contribution in [1.29, 1.82) is 5.26 Å². The van der Waals surface area contributed by atoms with E-state index in [-0.39, 0.29) is 5.97 Å². The van der Waals surface area contributed by atoms with Crippen molar-refractivity contribution in [3.63, 3.8) is 0 Å². The molecule has 1 rings (SSSR count). The van der Waals surface area contributed by atoms with E-state index in [1.807, 2.05) is 6.92 Å². The van der Waals surface area contributed by atoms with Gasteiger partial charge in [-0.15, -0.1) is 0 Å². The number of halogens is 1. The van der Waals surface area contributed by atoms with Gasteiger partial charge in [0.25, 0.3) is 0 Å². The third-order valence-electron chi connectivity index (χ3n) is 2.22. The van der Waals surface area contributed by atoms with E-state index in [0.717, 1.165) is 5.56 Å². The van der Waals surface area contributed by atoms with Crippen LogP contribution in [0.15, 0.2) is 16.6 Å². The van der Waals surface area contributed by atoms with Gasteiger partial charge in [-0.05, 0) is 47.0 Å². The number of nitrogens with zero attached hydrogens (tertiary/aromatic N) is 1. The number of esters is 1. The number of hydrogen-bond acceptors (Lipinski definition) is 3. The summed E-state index contributed by atoms with van der Waals surface area (Å²) in [7, 11) is 0. The second-order valence-corrected chi connectivity index (χ2v) is 3.99. The zero-order valence-corrected chi connectivity index (χ0v) is 10.8. The molecule has 3 nitrogen and oxygen atoms in total. The highest BCUT2D eigenvalue weighted by Crippen LogP contribution is 2.25. The Kier molecular flexibility index (Phi) is 4.51. The van der Waals surface area contributed by atoms with Crippen LogP contribution < -0.4 is 0 Å². The SMILES string of the molecule is CCOC(=O)c1c(Br)ccc(C#N)c1CC. The molecule has 0 fully saturated rings. The number of benzene rings is 1. The van der Waals surface area contributed by atoms with E-state index >= 15 is 0 Å². The predicted molar refractivity (Wildman–Crippen MR) is 64.2 cm³/mol. The Morgan fingerprint density at radius 3 is 2.69 bits per heavy atom. The zero-order chi connectivity index (χ0) is 12.1. The Bertz CT molecular complexity index is 449. The Morgan fingerprint density at radius 2 is 2.19 bits per heavy atom. The number of carbonyl (C=O) groups is 1. The van der Waals surface area contributed by atoms with Gasteiger partial charge in [0.1, 0.15) is 0 Å². The van der Waals surface area contributed by atoms with Crippen molar-refractivity contribution in [2.45, 2.75) is 20.3 Å². The van der Waals surface area contributed by atoms with Crippen molar-refractivity contribution in [1.82, 2.24) is 0 Å². The molecule has 0 aromatic heterocycles. The van der Waals surface area contributed by atoms with E-state index in [1.54, 1.807) is 19.1 Å². The van der Waals surface area contributed by atoms with Crippen LogP contribution in [0.3, 0.4) is 0 Å². The van der Waals surface area contributed by atoms with Crippen molar-refractivity contribution in [3.05, 3.63) is 33.3 Å². The van der Waals surface area contributed by atoms with Crippen LogP contribution in [0.1, 0.15) is 35.3 Å². The fourth-order valence-electron chi connectivity index (χ4n) is 1.52. The van der Waals surface area contributed by atoms with Crippen LogP contribution in [-0.4, -0.2) is 12.6 Å². The fraction of sp³-hybridized carbons (Fsp3) is 0.333. The summed E-state index contributed by atoms with van der Waals surface area (Å²) in [6.07, 6.45) is 0.622. The molecule has 0 aliphatic carbocycles. The van der Waals surface area contributed by atoms with Crippen molar-refractivity contribution < 1.29 is 9.53 Å². The molecule has 0 aliphatic heterocycles. The second-order valence-electron chi connectivity index (χ2n) is 3.13. The Hall–Kier alpha value is -1.34. The molecule has 0 N–H and O–H groups in total. The van der Waals surface area contributed by atoms with E-state index in [1.165, 1.54) is 0 Å². The molecule has 84 valence electrons. The van der Waals surface area contributed by atoms with Gasteiger partial charge in [-0.3, -0.25) is 0 Å². The first-order valence-corrected chi connectivity index (χ1v) is 5.83. The van der Waals surface area contributed by atoms with Crippen LogP contribution in [0.5, 0.6) is 0 Å². The highest BCUT2D eigenvalue weighted by Gasteiger charge is 2.18. The minimum absolute atomic E-state index is 0.325. The van der Waals surface area contributed by atoms with Gasteiger partial charge in [0.05, 0.1) is 23.8 Å². The van der Waals surface area contributed by atoms with E-state index in [2.05, 4.69) is 22.0 Å². The Balaban J connectivity index is 3.35. The van der Waals surface area contributed by atoms with Crippen LogP contribution in [0, 0.1) is 11.3 Å². The molecular weight excluding hydrogens is 270 g/mol. The van der Waals surface area contributed by atoms with E-state index < -0.39 is 0 Å². The van der Waals surface area contributed by atoms with Crippen molar-refractivity contribution in [3.8, 4) is 6.07 Å². The molecule has 0 saturated heterocycles. The molecule has 0 aliphatic rings. The first-order valence-electron chi connectivity index (χ1n) is 5.04. The average molecular weight is 282 g/mol. The Morgan fingerprint density at radius 1 is 1.50 bits per heavy atom. The Labute approximate surface area is 103 Å². The lowest BCUT2D eigenvalue weighted by molar-refractivity contribution is 0.0524. The van der Waals surface area contributed by atoms with Crippen LogP contribution in [-0.2, 0) is 11.2 Å². The van der Waals surface area contributed by atoms with Crippen LogP contribution >= 0.6 is 15.9 Å². The summed E-state index contributed by atoms with van der Waals surface area (Å²) in [5, 5.41) is 8.96. The fourth-order valence-corrected chi connectivity index (χ4v) is 2.05. The molecule has 0 atom stereocenters. The van der Waals surface area contributed by atoms with Gasteiger partial charge < -0.3 is 4.74 Å². The van der Waals surface area contributed by atoms with Crippen molar-refractivity contribution >= 4 is 21.9 Å². The van der Waals surface area contributed by atoms with Gasteiger partial charge in [-0.25, -0.2) is 4.79 Å². The quantitative estimate of drug-likeness (QED) is 0.800. The lowest BCUT2D eigenvalue weighted by Gasteiger charge is -2.10. The maximum absolute atomic E-state index is 11.8. The molecule has 0 saturated carbocycles. The van der Waals surface area contributed by atoms with Crippen LogP contribution in [0.2, 0.25) is 0 Å². The molecular formula is C12H12BrNO2. The van der Waals surface area contributed by atoms with E-state index in [0.29, 0.717) is 28.6 Å². The molecule has 4 heteroatoms. The van der Waals surface area contributed by atoms with Gasteiger partial charge in [-0.1, -0.05) is 6.92 Å². The first-order chi connectivity index (χ1) is 7.65. The van der Waals surface area contributed by atoms with Gasteiger partial charge in [0.2, 0.25) is 0 Å². The third kappa shape index (κ3) is 2.42. The number of rotatable bonds is 3. The molecule has 16 heavy (non-hydrogen) atoms. The molecule has 0 spiro atoms. The molecule has 0 unspecified atom stereocenters. The standard InChI is InChI=1S/C12H12BrNO2/c1-3-9-8(7-14)5-6-10(13)11(9)12(15)16-4-2/h5-6H,3-4H2,1-2H3. The summed E-state index contributed by atoms with van der Waals surface area (Å²) in [5.41, 5.74) is 1.72. The highest BCUT2D eigenvalue weighted by atomic mass is 79.9. The van der Waals surface area contributed by atoms with Crippen LogP contribution in [0.4, 0.5) is 0 Å². The minimum Gasteiger partial charge on any atom is -0.462 e. The molecule has 0 amide bonds. The predicted octanol–water partition coefficient (Wildman–Crippen LogP) is 3.06.